The number of imide groups is 1. The van der Waals surface area contributed by atoms with Crippen LogP contribution in [-0.2, 0) is 37.9 Å². The second-order valence-corrected chi connectivity index (χ2v) is 16.7. The number of carbonyl (C=O) groups excluding carboxylic acids is 5. The van der Waals surface area contributed by atoms with Crippen molar-refractivity contribution >= 4 is 38.0 Å². The first-order valence-electron chi connectivity index (χ1n) is 12.0. The van der Waals surface area contributed by atoms with E-state index in [0.717, 1.165) is 0 Å². The van der Waals surface area contributed by atoms with Crippen molar-refractivity contribution in [3.8, 4) is 0 Å². The summed E-state index contributed by atoms with van der Waals surface area (Å²) in [4.78, 5) is 63.3. The van der Waals surface area contributed by atoms with Crippen molar-refractivity contribution in [2.24, 2.45) is 11.8 Å². The fourth-order valence-electron chi connectivity index (χ4n) is 4.08. The molecule has 0 aromatic rings. The lowest BCUT2D eigenvalue weighted by Gasteiger charge is -2.52. The minimum Gasteiger partial charge on any atom is -0.459 e. The van der Waals surface area contributed by atoms with E-state index >= 15 is 0 Å². The predicted octanol–water partition coefficient (Wildman–Crippen LogP) is 2.16. The van der Waals surface area contributed by atoms with E-state index in [1.807, 2.05) is 6.92 Å². The highest BCUT2D eigenvalue weighted by molar-refractivity contribution is 6.74. The smallest absolute Gasteiger partial charge is 0.326 e. The van der Waals surface area contributed by atoms with Crippen molar-refractivity contribution in [3.63, 3.8) is 0 Å². The van der Waals surface area contributed by atoms with E-state index in [0.29, 0.717) is 0 Å². The molecular weight excluding hydrogens is 472 g/mol. The second kappa shape index (κ2) is 10.0. The molecule has 1 N–H and O–H groups in total. The van der Waals surface area contributed by atoms with Crippen LogP contribution in [0.15, 0.2) is 0 Å². The summed E-state index contributed by atoms with van der Waals surface area (Å²) in [6, 6.07) is -0.692. The van der Waals surface area contributed by atoms with Crippen LogP contribution in [-0.4, -0.2) is 73.3 Å². The predicted molar refractivity (Wildman–Crippen MR) is 129 cm³/mol. The first-order valence-corrected chi connectivity index (χ1v) is 14.9. The topological polar surface area (TPSA) is 128 Å². The molecule has 1 unspecified atom stereocenters. The Bertz CT molecular complexity index is 889. The van der Waals surface area contributed by atoms with Crippen LogP contribution >= 0.6 is 0 Å². The highest BCUT2D eigenvalue weighted by atomic mass is 28.4. The van der Waals surface area contributed by atoms with Gasteiger partial charge < -0.3 is 18.8 Å². The lowest BCUT2D eigenvalue weighted by atomic mass is 9.76. The number of amides is 3. The number of nitrogens with zero attached hydrogens (tertiary/aromatic N) is 1. The largest absolute Gasteiger partial charge is 0.459 e. The van der Waals surface area contributed by atoms with Crippen molar-refractivity contribution < 1.29 is 37.9 Å². The summed E-state index contributed by atoms with van der Waals surface area (Å²) >= 11 is 0. The molecule has 2 saturated heterocycles. The molecule has 0 spiro atoms. The maximum absolute atomic E-state index is 13.2. The van der Waals surface area contributed by atoms with Gasteiger partial charge in [-0.3, -0.25) is 29.3 Å². The minimum absolute atomic E-state index is 0.0906. The average molecular weight is 513 g/mol. The summed E-state index contributed by atoms with van der Waals surface area (Å²) in [7, 11) is -2.24. The van der Waals surface area contributed by atoms with Gasteiger partial charge in [0, 0.05) is 0 Å². The molecule has 2 heterocycles. The molecule has 2 aliphatic heterocycles. The molecule has 3 amide bonds. The van der Waals surface area contributed by atoms with Gasteiger partial charge in [0.05, 0.1) is 30.4 Å². The van der Waals surface area contributed by atoms with Gasteiger partial charge in [0.2, 0.25) is 11.8 Å². The van der Waals surface area contributed by atoms with Crippen LogP contribution in [0.1, 0.15) is 61.8 Å². The van der Waals surface area contributed by atoms with Gasteiger partial charge in [-0.15, -0.1) is 0 Å². The van der Waals surface area contributed by atoms with Crippen LogP contribution < -0.4 is 5.32 Å². The molecule has 5 atom stereocenters. The van der Waals surface area contributed by atoms with Crippen molar-refractivity contribution in [3.05, 3.63) is 0 Å². The van der Waals surface area contributed by atoms with Crippen LogP contribution in [0.3, 0.4) is 0 Å². The molecule has 2 rings (SSSR count). The van der Waals surface area contributed by atoms with Gasteiger partial charge in [-0.1, -0.05) is 20.8 Å². The third-order valence-electron chi connectivity index (χ3n) is 6.88. The van der Waals surface area contributed by atoms with E-state index in [1.165, 1.54) is 4.90 Å². The zero-order valence-electron chi connectivity index (χ0n) is 22.5. The molecule has 0 aliphatic carbocycles. The zero-order chi connectivity index (χ0) is 27.1. The number of rotatable bonds is 8. The second-order valence-electron chi connectivity index (χ2n) is 12.0. The summed E-state index contributed by atoms with van der Waals surface area (Å²) < 4.78 is 17.1. The van der Waals surface area contributed by atoms with Crippen LogP contribution in [0.4, 0.5) is 0 Å². The molecular formula is C24H40N2O8Si. The van der Waals surface area contributed by atoms with Gasteiger partial charge >= 0.3 is 11.9 Å². The van der Waals surface area contributed by atoms with Crippen molar-refractivity contribution in [2.75, 3.05) is 6.54 Å². The van der Waals surface area contributed by atoms with Crippen molar-refractivity contribution in [1.29, 1.82) is 0 Å². The van der Waals surface area contributed by atoms with Crippen molar-refractivity contribution in [2.45, 2.75) is 104 Å². The Morgan fingerprint density at radius 1 is 1.09 bits per heavy atom. The quantitative estimate of drug-likeness (QED) is 0.227. The first-order chi connectivity index (χ1) is 15.7. The third-order valence-corrected chi connectivity index (χ3v) is 11.4. The van der Waals surface area contributed by atoms with E-state index in [2.05, 4.69) is 39.2 Å². The lowest BCUT2D eigenvalue weighted by Crippen LogP contribution is -2.69. The number of esters is 2. The molecule has 35 heavy (non-hydrogen) atoms. The number of likely N-dealkylation sites (tertiary alicyclic amines) is 1. The van der Waals surface area contributed by atoms with Gasteiger partial charge in [-0.25, -0.2) is 0 Å². The molecule has 2 fully saturated rings. The lowest BCUT2D eigenvalue weighted by molar-refractivity contribution is -0.183. The van der Waals surface area contributed by atoms with Gasteiger partial charge in [0.1, 0.15) is 12.1 Å². The van der Waals surface area contributed by atoms with E-state index in [4.69, 9.17) is 13.9 Å². The van der Waals surface area contributed by atoms with Gasteiger partial charge in [-0.05, 0) is 52.8 Å². The fourth-order valence-corrected chi connectivity index (χ4v) is 5.51. The van der Waals surface area contributed by atoms with Crippen LogP contribution in [0, 0.1) is 11.8 Å². The SMILES string of the molecule is C[C@H](C(=O)OC1CC(=O)NC1=O)[C@@H]1[C@@H]([C@@H](C)O[Si](C)(C)C(C)(C)C)C(=O)N1CC(=O)OC(C)(C)C. The highest BCUT2D eigenvalue weighted by Crippen LogP contribution is 2.42. The molecule has 0 aromatic heterocycles. The van der Waals surface area contributed by atoms with Crippen molar-refractivity contribution in [1.82, 2.24) is 10.2 Å². The fraction of sp³-hybridized carbons (Fsp3) is 0.792. The maximum atomic E-state index is 13.2. The Kier molecular flexibility index (Phi) is 8.28. The minimum atomic E-state index is -2.24. The number of hydrogen-bond acceptors (Lipinski definition) is 8. The Morgan fingerprint density at radius 3 is 2.11 bits per heavy atom. The molecule has 0 saturated carbocycles. The summed E-state index contributed by atoms with van der Waals surface area (Å²) in [6.45, 7) is 18.7. The van der Waals surface area contributed by atoms with Gasteiger partial charge in [0.15, 0.2) is 14.4 Å². The van der Waals surface area contributed by atoms with Gasteiger partial charge in [0.25, 0.3) is 5.91 Å². The Hall–Kier alpha value is -2.27. The normalized spacial score (nSPS) is 25.0. The zero-order valence-corrected chi connectivity index (χ0v) is 23.5. The number of nitrogens with one attached hydrogen (secondary N) is 1. The van der Waals surface area contributed by atoms with Crippen LogP contribution in [0.2, 0.25) is 18.1 Å². The van der Waals surface area contributed by atoms with Gasteiger partial charge in [-0.2, -0.15) is 0 Å². The standard InChI is InChI=1S/C24H40N2O8Si/c1-13(22(31)32-15-11-16(27)25-20(15)29)19-18(14(2)34-35(9,10)24(6,7)8)21(30)26(19)12-17(28)33-23(3,4)5/h13-15,18-19H,11-12H2,1-10H3,(H,25,27,29)/t13-,14+,15?,18+,19+/m0/s1. The maximum Gasteiger partial charge on any atom is 0.326 e. The molecule has 0 aromatic carbocycles. The molecule has 0 bridgehead atoms. The average Bonchev–Trinajstić information content (AvgIpc) is 2.97. The number of hydrogen-bond donors (Lipinski definition) is 1. The highest BCUT2D eigenvalue weighted by Gasteiger charge is 2.56. The number of carbonyl (C=O) groups is 5. The van der Waals surface area contributed by atoms with E-state index in [1.54, 1.807) is 27.7 Å². The summed E-state index contributed by atoms with van der Waals surface area (Å²) in [5.74, 6) is -4.34. The number of ether oxygens (including phenoxy) is 2. The Morgan fingerprint density at radius 2 is 1.66 bits per heavy atom. The van der Waals surface area contributed by atoms with Crippen LogP contribution in [0.5, 0.6) is 0 Å². The van der Waals surface area contributed by atoms with E-state index < -0.39 is 67.8 Å². The molecule has 0 radical (unpaired) electrons. The molecule has 2 aliphatic rings. The summed E-state index contributed by atoms with van der Waals surface area (Å²) in [5.41, 5.74) is -0.731. The summed E-state index contributed by atoms with van der Waals surface area (Å²) in [5, 5.41) is 2.01. The molecule has 10 nitrogen and oxygen atoms in total. The number of β-lactam (4-membered cyclic amide) rings is 1. The third kappa shape index (κ3) is 6.69. The molecule has 198 valence electrons. The molecule has 11 heteroatoms. The van der Waals surface area contributed by atoms with E-state index in [-0.39, 0.29) is 23.9 Å². The Balaban J connectivity index is 2.25. The Labute approximate surface area is 208 Å². The first kappa shape index (κ1) is 29.0. The van der Waals surface area contributed by atoms with E-state index in [9.17, 15) is 24.0 Å². The van der Waals surface area contributed by atoms with Crippen LogP contribution in [0.25, 0.3) is 0 Å². The summed E-state index contributed by atoms with van der Waals surface area (Å²) in [6.07, 6.45) is -1.95. The monoisotopic (exact) mass is 512 g/mol.